The molecule has 0 bridgehead atoms. The number of amides is 2. The molecule has 2 rings (SSSR count). The quantitative estimate of drug-likeness (QED) is 0.518. The summed E-state index contributed by atoms with van der Waals surface area (Å²) in [5.74, 6) is -0.974. The van der Waals surface area contributed by atoms with Crippen LogP contribution in [-0.2, 0) is 26.2 Å². The lowest BCUT2D eigenvalue weighted by Gasteiger charge is -2.32. The van der Waals surface area contributed by atoms with E-state index in [9.17, 15) is 18.0 Å². The Bertz CT molecular complexity index is 1130. The maximum Gasteiger partial charge on any atom is 0.244 e. The summed E-state index contributed by atoms with van der Waals surface area (Å²) in [6.45, 7) is 4.63. The van der Waals surface area contributed by atoms with E-state index in [-0.39, 0.29) is 29.2 Å². The van der Waals surface area contributed by atoms with Crippen LogP contribution >= 0.6 is 34.8 Å². The maximum atomic E-state index is 13.4. The van der Waals surface area contributed by atoms with Gasteiger partial charge in [0, 0.05) is 22.6 Å². The van der Waals surface area contributed by atoms with Crippen molar-refractivity contribution in [1.29, 1.82) is 0 Å². The highest BCUT2D eigenvalue weighted by Crippen LogP contribution is 2.30. The summed E-state index contributed by atoms with van der Waals surface area (Å²) in [6.07, 6.45) is 0.971. The Kier molecular flexibility index (Phi) is 9.43. The SMILES string of the molecule is CC(C)NC(=O)[C@H](C)N(Cc1ccccc1Cl)C(=O)CN(c1ccc(Cl)cc1Cl)S(C)(=O)=O. The van der Waals surface area contributed by atoms with Gasteiger partial charge in [0.15, 0.2) is 0 Å². The molecule has 0 unspecified atom stereocenters. The smallest absolute Gasteiger partial charge is 0.244 e. The molecule has 0 fully saturated rings. The van der Waals surface area contributed by atoms with Gasteiger partial charge in [-0.15, -0.1) is 0 Å². The molecule has 7 nitrogen and oxygen atoms in total. The number of nitrogens with zero attached hydrogens (tertiary/aromatic N) is 2. The molecule has 0 aliphatic rings. The van der Waals surface area contributed by atoms with Crippen LogP contribution in [-0.4, -0.2) is 50.0 Å². The molecular weight excluding hydrogens is 509 g/mol. The number of halogens is 3. The Hall–Kier alpha value is -2.00. The summed E-state index contributed by atoms with van der Waals surface area (Å²) in [5, 5.41) is 3.59. The first-order chi connectivity index (χ1) is 15.3. The van der Waals surface area contributed by atoms with E-state index < -0.39 is 28.5 Å². The minimum Gasteiger partial charge on any atom is -0.352 e. The highest BCUT2D eigenvalue weighted by Gasteiger charge is 2.31. The highest BCUT2D eigenvalue weighted by atomic mass is 35.5. The Morgan fingerprint density at radius 2 is 1.64 bits per heavy atom. The molecule has 2 aromatic rings. The molecule has 0 heterocycles. The molecule has 0 radical (unpaired) electrons. The fourth-order valence-electron chi connectivity index (χ4n) is 3.08. The van der Waals surface area contributed by atoms with Gasteiger partial charge in [0.2, 0.25) is 21.8 Å². The van der Waals surface area contributed by atoms with Gasteiger partial charge < -0.3 is 10.2 Å². The molecule has 33 heavy (non-hydrogen) atoms. The number of nitrogens with one attached hydrogen (secondary N) is 1. The van der Waals surface area contributed by atoms with E-state index in [1.165, 1.54) is 23.1 Å². The first kappa shape index (κ1) is 27.2. The van der Waals surface area contributed by atoms with Crippen LogP contribution in [0.25, 0.3) is 0 Å². The Labute approximate surface area is 209 Å². The van der Waals surface area contributed by atoms with Crippen molar-refractivity contribution in [2.75, 3.05) is 17.1 Å². The third-order valence-electron chi connectivity index (χ3n) is 4.75. The van der Waals surface area contributed by atoms with Crippen LogP contribution < -0.4 is 9.62 Å². The summed E-state index contributed by atoms with van der Waals surface area (Å²) in [7, 11) is -3.90. The van der Waals surface area contributed by atoms with Gasteiger partial charge in [0.25, 0.3) is 0 Å². The number of carbonyl (C=O) groups excluding carboxylic acids is 2. The number of benzene rings is 2. The van der Waals surface area contributed by atoms with E-state index in [1.54, 1.807) is 45.0 Å². The van der Waals surface area contributed by atoms with E-state index in [4.69, 9.17) is 34.8 Å². The lowest BCUT2D eigenvalue weighted by molar-refractivity contribution is -0.139. The minimum atomic E-state index is -3.90. The number of anilines is 1. The van der Waals surface area contributed by atoms with Gasteiger partial charge in [-0.25, -0.2) is 8.42 Å². The van der Waals surface area contributed by atoms with E-state index in [2.05, 4.69) is 5.32 Å². The normalized spacial score (nSPS) is 12.4. The lowest BCUT2D eigenvalue weighted by atomic mass is 10.1. The fraction of sp³-hybridized carbons (Fsp3) is 0.364. The molecule has 1 atom stereocenters. The summed E-state index contributed by atoms with van der Waals surface area (Å²) < 4.78 is 26.0. The predicted octanol–water partition coefficient (Wildman–Crippen LogP) is 4.35. The van der Waals surface area contributed by atoms with Crippen LogP contribution in [0.4, 0.5) is 5.69 Å². The first-order valence-electron chi connectivity index (χ1n) is 10.1. The molecule has 0 spiro atoms. The maximum absolute atomic E-state index is 13.4. The summed E-state index contributed by atoms with van der Waals surface area (Å²) in [4.78, 5) is 27.4. The van der Waals surface area contributed by atoms with Gasteiger partial charge in [-0.05, 0) is 50.6 Å². The van der Waals surface area contributed by atoms with E-state index in [1.807, 2.05) is 0 Å². The Balaban J connectivity index is 2.44. The first-order valence-corrected chi connectivity index (χ1v) is 13.1. The molecule has 2 amide bonds. The van der Waals surface area contributed by atoms with Gasteiger partial charge in [-0.2, -0.15) is 0 Å². The van der Waals surface area contributed by atoms with Gasteiger partial charge in [-0.1, -0.05) is 53.0 Å². The number of hydrogen-bond acceptors (Lipinski definition) is 4. The van der Waals surface area contributed by atoms with Gasteiger partial charge >= 0.3 is 0 Å². The largest absolute Gasteiger partial charge is 0.352 e. The molecule has 0 saturated heterocycles. The summed E-state index contributed by atoms with van der Waals surface area (Å²) >= 11 is 18.4. The third-order valence-corrected chi connectivity index (χ3v) is 6.79. The van der Waals surface area contributed by atoms with Crippen LogP contribution in [0, 0.1) is 0 Å². The van der Waals surface area contributed by atoms with Crippen LogP contribution in [0.3, 0.4) is 0 Å². The predicted molar refractivity (Wildman–Crippen MR) is 133 cm³/mol. The average molecular weight is 535 g/mol. The summed E-state index contributed by atoms with van der Waals surface area (Å²) in [5.41, 5.74) is 0.723. The van der Waals surface area contributed by atoms with Gasteiger partial charge in [0.1, 0.15) is 12.6 Å². The zero-order valence-corrected chi connectivity index (χ0v) is 21.8. The second-order valence-corrected chi connectivity index (χ2v) is 11.0. The Morgan fingerprint density at radius 3 is 2.18 bits per heavy atom. The molecule has 0 aliphatic carbocycles. The molecule has 1 N–H and O–H groups in total. The zero-order chi connectivity index (χ0) is 24.9. The zero-order valence-electron chi connectivity index (χ0n) is 18.7. The molecule has 180 valence electrons. The number of carbonyl (C=O) groups is 2. The molecule has 0 saturated carbocycles. The van der Waals surface area contributed by atoms with Crippen LogP contribution in [0.15, 0.2) is 42.5 Å². The molecule has 11 heteroatoms. The molecule has 2 aromatic carbocycles. The van der Waals surface area contributed by atoms with Crippen molar-refractivity contribution in [3.05, 3.63) is 63.1 Å². The minimum absolute atomic E-state index is 0.0111. The topological polar surface area (TPSA) is 86.8 Å². The van der Waals surface area contributed by atoms with Crippen molar-refractivity contribution in [3.63, 3.8) is 0 Å². The van der Waals surface area contributed by atoms with Gasteiger partial charge in [0.05, 0.1) is 17.0 Å². The van der Waals surface area contributed by atoms with Crippen molar-refractivity contribution < 1.29 is 18.0 Å². The molecule has 0 aromatic heterocycles. The second kappa shape index (κ2) is 11.4. The average Bonchev–Trinajstić information content (AvgIpc) is 2.70. The van der Waals surface area contributed by atoms with Crippen molar-refractivity contribution >= 4 is 62.3 Å². The third kappa shape index (κ3) is 7.50. The van der Waals surface area contributed by atoms with Gasteiger partial charge in [-0.3, -0.25) is 13.9 Å². The monoisotopic (exact) mass is 533 g/mol. The van der Waals surface area contributed by atoms with E-state index in [0.29, 0.717) is 15.6 Å². The van der Waals surface area contributed by atoms with Crippen LogP contribution in [0.1, 0.15) is 26.3 Å². The lowest BCUT2D eigenvalue weighted by Crippen LogP contribution is -2.52. The highest BCUT2D eigenvalue weighted by molar-refractivity contribution is 7.92. The fourth-order valence-corrected chi connectivity index (χ4v) is 4.69. The van der Waals surface area contributed by atoms with Crippen molar-refractivity contribution in [2.45, 2.75) is 39.4 Å². The molecule has 0 aliphatic heterocycles. The van der Waals surface area contributed by atoms with E-state index >= 15 is 0 Å². The van der Waals surface area contributed by atoms with Crippen LogP contribution in [0.2, 0.25) is 15.1 Å². The standard InChI is InChI=1S/C22H26Cl3N3O4S/c1-14(2)26-22(30)15(3)27(12-16-7-5-6-8-18(16)24)21(29)13-28(33(4,31)32)20-10-9-17(23)11-19(20)25/h5-11,14-15H,12-13H2,1-4H3,(H,26,30)/t15-/m0/s1. The number of hydrogen-bond donors (Lipinski definition) is 1. The number of rotatable bonds is 9. The van der Waals surface area contributed by atoms with E-state index in [0.717, 1.165) is 10.6 Å². The number of sulfonamides is 1. The van der Waals surface area contributed by atoms with Crippen molar-refractivity contribution in [3.8, 4) is 0 Å². The molecular formula is C22H26Cl3N3O4S. The van der Waals surface area contributed by atoms with Crippen LogP contribution in [0.5, 0.6) is 0 Å². The summed E-state index contributed by atoms with van der Waals surface area (Å²) in [6, 6.07) is 10.2. The van der Waals surface area contributed by atoms with Crippen molar-refractivity contribution in [2.24, 2.45) is 0 Å². The Morgan fingerprint density at radius 1 is 1.00 bits per heavy atom. The second-order valence-electron chi connectivity index (χ2n) is 7.82. The van der Waals surface area contributed by atoms with Crippen molar-refractivity contribution in [1.82, 2.24) is 10.2 Å².